The van der Waals surface area contributed by atoms with Crippen LogP contribution in [0.5, 0.6) is 5.75 Å². The summed E-state index contributed by atoms with van der Waals surface area (Å²) in [4.78, 5) is 0. The predicted octanol–water partition coefficient (Wildman–Crippen LogP) is 4.65. The van der Waals surface area contributed by atoms with Crippen LogP contribution in [0.15, 0.2) is 18.2 Å². The number of ether oxygens (including phenoxy) is 1. The zero-order chi connectivity index (χ0) is 14.4. The van der Waals surface area contributed by atoms with Crippen LogP contribution in [-0.4, -0.2) is 13.2 Å². The van der Waals surface area contributed by atoms with Crippen molar-refractivity contribution in [3.05, 3.63) is 28.8 Å². The number of halogens is 1. The zero-order valence-electron chi connectivity index (χ0n) is 12.6. The zero-order valence-corrected chi connectivity index (χ0v) is 13.4. The second-order valence-electron chi connectivity index (χ2n) is 6.20. The van der Waals surface area contributed by atoms with E-state index < -0.39 is 0 Å². The van der Waals surface area contributed by atoms with E-state index in [0.29, 0.717) is 5.92 Å². The summed E-state index contributed by atoms with van der Waals surface area (Å²) in [6.07, 6.45) is 5.32. The number of benzene rings is 1. The summed E-state index contributed by atoms with van der Waals surface area (Å²) in [5, 5.41) is 4.24. The van der Waals surface area contributed by atoms with Crippen LogP contribution >= 0.6 is 11.6 Å². The maximum absolute atomic E-state index is 6.32. The Morgan fingerprint density at radius 1 is 1.30 bits per heavy atom. The molecule has 2 nitrogen and oxygen atoms in total. The monoisotopic (exact) mass is 295 g/mol. The summed E-state index contributed by atoms with van der Waals surface area (Å²) in [5.41, 5.74) is 1.09. The number of hydrogen-bond acceptors (Lipinski definition) is 2. The number of hydrogen-bond donors (Lipinski definition) is 1. The van der Waals surface area contributed by atoms with E-state index in [-0.39, 0.29) is 0 Å². The molecule has 0 saturated heterocycles. The van der Waals surface area contributed by atoms with Crippen molar-refractivity contribution in [1.29, 1.82) is 0 Å². The Bertz CT molecular complexity index is 413. The second kappa shape index (κ2) is 7.90. The molecule has 1 aliphatic carbocycles. The molecule has 0 atom stereocenters. The Balaban J connectivity index is 1.93. The molecule has 1 fully saturated rings. The van der Waals surface area contributed by atoms with Crippen LogP contribution in [0, 0.1) is 11.8 Å². The van der Waals surface area contributed by atoms with Gasteiger partial charge in [0, 0.05) is 17.1 Å². The van der Waals surface area contributed by atoms with Crippen LogP contribution in [-0.2, 0) is 6.54 Å². The molecule has 0 bridgehead atoms. The molecule has 0 heterocycles. The molecule has 3 heteroatoms. The van der Waals surface area contributed by atoms with Gasteiger partial charge in [-0.25, -0.2) is 0 Å². The number of rotatable bonds is 7. The fourth-order valence-corrected chi connectivity index (χ4v) is 2.95. The van der Waals surface area contributed by atoms with Crippen LogP contribution in [0.1, 0.15) is 45.1 Å². The molecule has 1 aromatic rings. The van der Waals surface area contributed by atoms with Crippen molar-refractivity contribution in [2.24, 2.45) is 11.8 Å². The van der Waals surface area contributed by atoms with Crippen LogP contribution in [0.25, 0.3) is 0 Å². The van der Waals surface area contributed by atoms with Gasteiger partial charge in [-0.15, -0.1) is 0 Å². The van der Waals surface area contributed by atoms with E-state index in [1.54, 1.807) is 0 Å². The van der Waals surface area contributed by atoms with E-state index in [4.69, 9.17) is 16.3 Å². The van der Waals surface area contributed by atoms with Gasteiger partial charge in [0.15, 0.2) is 0 Å². The van der Waals surface area contributed by atoms with Crippen molar-refractivity contribution in [3.8, 4) is 5.75 Å². The van der Waals surface area contributed by atoms with Crippen LogP contribution in [0.3, 0.4) is 0 Å². The van der Waals surface area contributed by atoms with Gasteiger partial charge >= 0.3 is 0 Å². The van der Waals surface area contributed by atoms with Crippen molar-refractivity contribution >= 4 is 11.6 Å². The van der Waals surface area contributed by atoms with Crippen molar-refractivity contribution in [2.45, 2.75) is 46.1 Å². The molecular formula is C17H26ClNO. The number of nitrogens with one attached hydrogen (secondary N) is 1. The quantitative estimate of drug-likeness (QED) is 0.790. The van der Waals surface area contributed by atoms with Gasteiger partial charge in [0.05, 0.1) is 6.61 Å². The van der Waals surface area contributed by atoms with Crippen LogP contribution in [0.2, 0.25) is 5.02 Å². The average molecular weight is 296 g/mol. The van der Waals surface area contributed by atoms with E-state index in [1.165, 1.54) is 25.7 Å². The Hall–Kier alpha value is -0.730. The van der Waals surface area contributed by atoms with Crippen molar-refractivity contribution < 1.29 is 4.74 Å². The lowest BCUT2D eigenvalue weighted by atomic mass is 10.1. The van der Waals surface area contributed by atoms with Gasteiger partial charge < -0.3 is 10.1 Å². The third-order valence-electron chi connectivity index (χ3n) is 3.88. The van der Waals surface area contributed by atoms with Gasteiger partial charge in [0.25, 0.3) is 0 Å². The minimum Gasteiger partial charge on any atom is -0.493 e. The molecule has 0 radical (unpaired) electrons. The maximum Gasteiger partial charge on any atom is 0.125 e. The normalized spacial score (nSPS) is 16.0. The highest BCUT2D eigenvalue weighted by Crippen LogP contribution is 2.29. The SMILES string of the molecule is CC(C)CNCc1c(Cl)cccc1OCC1CCCC1. The molecule has 1 saturated carbocycles. The summed E-state index contributed by atoms with van der Waals surface area (Å²) in [7, 11) is 0. The summed E-state index contributed by atoms with van der Waals surface area (Å²) in [5.74, 6) is 2.31. The summed E-state index contributed by atoms with van der Waals surface area (Å²) >= 11 is 6.32. The Morgan fingerprint density at radius 2 is 2.05 bits per heavy atom. The fourth-order valence-electron chi connectivity index (χ4n) is 2.72. The van der Waals surface area contributed by atoms with Crippen molar-refractivity contribution in [1.82, 2.24) is 5.32 Å². The van der Waals surface area contributed by atoms with Crippen molar-refractivity contribution in [2.75, 3.05) is 13.2 Å². The topological polar surface area (TPSA) is 21.3 Å². The molecule has 0 aliphatic heterocycles. The summed E-state index contributed by atoms with van der Waals surface area (Å²) < 4.78 is 6.03. The molecule has 0 aromatic heterocycles. The highest BCUT2D eigenvalue weighted by molar-refractivity contribution is 6.31. The van der Waals surface area contributed by atoms with Gasteiger partial charge in [-0.2, -0.15) is 0 Å². The van der Waals surface area contributed by atoms with E-state index in [2.05, 4.69) is 19.2 Å². The minimum absolute atomic E-state index is 0.639. The van der Waals surface area contributed by atoms with Gasteiger partial charge in [-0.05, 0) is 43.4 Å². The maximum atomic E-state index is 6.32. The Morgan fingerprint density at radius 3 is 2.75 bits per heavy atom. The van der Waals surface area contributed by atoms with E-state index in [1.807, 2.05) is 18.2 Å². The van der Waals surface area contributed by atoms with Crippen molar-refractivity contribution in [3.63, 3.8) is 0 Å². The van der Waals surface area contributed by atoms with E-state index >= 15 is 0 Å². The molecule has 1 aliphatic rings. The highest BCUT2D eigenvalue weighted by Gasteiger charge is 2.16. The molecule has 0 spiro atoms. The smallest absolute Gasteiger partial charge is 0.125 e. The van der Waals surface area contributed by atoms with E-state index in [0.717, 1.165) is 41.9 Å². The van der Waals surface area contributed by atoms with Gasteiger partial charge in [-0.1, -0.05) is 44.4 Å². The summed E-state index contributed by atoms with van der Waals surface area (Å²) in [6.45, 7) is 7.01. The molecule has 20 heavy (non-hydrogen) atoms. The molecule has 0 amide bonds. The second-order valence-corrected chi connectivity index (χ2v) is 6.61. The first-order valence-corrected chi connectivity index (χ1v) is 8.15. The molecule has 112 valence electrons. The lowest BCUT2D eigenvalue weighted by Crippen LogP contribution is -2.20. The molecule has 1 N–H and O–H groups in total. The fraction of sp³-hybridized carbons (Fsp3) is 0.647. The third-order valence-corrected chi connectivity index (χ3v) is 4.23. The van der Waals surface area contributed by atoms with Crippen LogP contribution < -0.4 is 10.1 Å². The standard InChI is InChI=1S/C17H26ClNO/c1-13(2)10-19-11-15-16(18)8-5-9-17(15)20-12-14-6-3-4-7-14/h5,8-9,13-14,19H,3-4,6-7,10-12H2,1-2H3. The van der Waals surface area contributed by atoms with Gasteiger partial charge in [-0.3, -0.25) is 0 Å². The first kappa shape index (κ1) is 15.7. The highest BCUT2D eigenvalue weighted by atomic mass is 35.5. The average Bonchev–Trinajstić information content (AvgIpc) is 2.91. The molecular weight excluding hydrogens is 270 g/mol. The molecule has 0 unspecified atom stereocenters. The Kier molecular flexibility index (Phi) is 6.18. The first-order chi connectivity index (χ1) is 9.66. The van der Waals surface area contributed by atoms with E-state index in [9.17, 15) is 0 Å². The lowest BCUT2D eigenvalue weighted by Gasteiger charge is -2.16. The molecule has 1 aromatic carbocycles. The first-order valence-electron chi connectivity index (χ1n) is 7.77. The van der Waals surface area contributed by atoms with Gasteiger partial charge in [0.2, 0.25) is 0 Å². The summed E-state index contributed by atoms with van der Waals surface area (Å²) in [6, 6.07) is 5.95. The largest absolute Gasteiger partial charge is 0.493 e. The minimum atomic E-state index is 0.639. The van der Waals surface area contributed by atoms with Crippen LogP contribution in [0.4, 0.5) is 0 Å². The predicted molar refractivity (Wildman–Crippen MR) is 85.4 cm³/mol. The van der Waals surface area contributed by atoms with Gasteiger partial charge in [0.1, 0.15) is 5.75 Å². The molecule has 2 rings (SSSR count). The third kappa shape index (κ3) is 4.68. The Labute approximate surface area is 127 Å². The lowest BCUT2D eigenvalue weighted by molar-refractivity contribution is 0.249.